The Morgan fingerprint density at radius 2 is 1.72 bits per heavy atom. The molecule has 0 spiro atoms. The lowest BCUT2D eigenvalue weighted by atomic mass is 10.0. The number of aliphatic hydroxyl groups is 4. The number of anilines is 1. The van der Waals surface area contributed by atoms with Crippen LogP contribution in [0.5, 0.6) is 0 Å². The van der Waals surface area contributed by atoms with Crippen LogP contribution >= 0.6 is 0 Å². The minimum Gasteiger partial charge on any atom is -0.471 e. The largest absolute Gasteiger partial charge is 0.510 e. The molecule has 0 aliphatic heterocycles. The Kier molecular flexibility index (Phi) is 12.3. The van der Waals surface area contributed by atoms with Gasteiger partial charge in [0.1, 0.15) is 12.7 Å². The Morgan fingerprint density at radius 1 is 1.05 bits per heavy atom. The maximum absolute atomic E-state index is 12.7. The lowest BCUT2D eigenvalue weighted by Crippen LogP contribution is -2.40. The molecule has 3 rings (SSSR count). The van der Waals surface area contributed by atoms with E-state index in [4.69, 9.17) is 29.2 Å². The molecular formula is C25H31N3O11. The summed E-state index contributed by atoms with van der Waals surface area (Å²) in [6.07, 6.45) is -7.72. The number of ether oxygens (including phenoxy) is 4. The van der Waals surface area contributed by atoms with Crippen LogP contribution in [0.25, 0.3) is 11.0 Å². The van der Waals surface area contributed by atoms with Crippen molar-refractivity contribution in [1.29, 1.82) is 0 Å². The Morgan fingerprint density at radius 3 is 2.28 bits per heavy atom. The molecule has 39 heavy (non-hydrogen) atoms. The lowest BCUT2D eigenvalue weighted by molar-refractivity contribution is -0.262. The molecular weight excluding hydrogens is 518 g/mol. The molecule has 1 heterocycles. The first kappa shape index (κ1) is 31.1. The topological polar surface area (TPSA) is 199 Å². The summed E-state index contributed by atoms with van der Waals surface area (Å²) in [7, 11) is 2.95. The summed E-state index contributed by atoms with van der Waals surface area (Å²) in [5, 5.41) is 39.7. The van der Waals surface area contributed by atoms with Crippen LogP contribution in [0.2, 0.25) is 0 Å². The van der Waals surface area contributed by atoms with Crippen LogP contribution in [0.4, 0.5) is 10.7 Å². The number of benzene rings is 2. The fourth-order valence-corrected chi connectivity index (χ4v) is 3.20. The molecule has 0 aliphatic carbocycles. The highest BCUT2D eigenvalue weighted by Crippen LogP contribution is 2.22. The third kappa shape index (κ3) is 9.01. The average Bonchev–Trinajstić information content (AvgIpc) is 3.30. The van der Waals surface area contributed by atoms with E-state index in [1.165, 1.54) is 14.0 Å². The molecule has 0 saturated carbocycles. The number of nitrogens with zero attached hydrogens (tertiary/aromatic N) is 2. The molecule has 212 valence electrons. The number of imidazole rings is 1. The maximum atomic E-state index is 12.7. The predicted octanol–water partition coefficient (Wildman–Crippen LogP) is 0.604. The van der Waals surface area contributed by atoms with Crippen LogP contribution in [0.3, 0.4) is 0 Å². The van der Waals surface area contributed by atoms with Gasteiger partial charge in [0.25, 0.3) is 6.47 Å². The monoisotopic (exact) mass is 549 g/mol. The fourth-order valence-electron chi connectivity index (χ4n) is 3.20. The first-order valence-corrected chi connectivity index (χ1v) is 11.5. The average molecular weight is 550 g/mol. The summed E-state index contributed by atoms with van der Waals surface area (Å²) in [6.45, 7) is 0.883. The molecule has 0 radical (unpaired) electrons. The third-order valence-corrected chi connectivity index (χ3v) is 5.15. The Bertz CT molecular complexity index is 1210. The molecule has 1 aromatic heterocycles. The van der Waals surface area contributed by atoms with Crippen molar-refractivity contribution in [3.05, 3.63) is 59.7 Å². The van der Waals surface area contributed by atoms with Gasteiger partial charge in [-0.05, 0) is 25.1 Å². The van der Waals surface area contributed by atoms with E-state index in [0.717, 1.165) is 0 Å². The van der Waals surface area contributed by atoms with Gasteiger partial charge in [0.2, 0.25) is 18.5 Å². The van der Waals surface area contributed by atoms with E-state index >= 15 is 0 Å². The minimum absolute atomic E-state index is 0.151. The summed E-state index contributed by atoms with van der Waals surface area (Å²) in [5.41, 5.74) is 2.10. The van der Waals surface area contributed by atoms with Crippen LogP contribution in [0.15, 0.2) is 48.5 Å². The molecule has 3 unspecified atom stereocenters. The molecule has 2 aromatic carbocycles. The summed E-state index contributed by atoms with van der Waals surface area (Å²) in [6, 6.07) is 13.8. The Labute approximate surface area is 223 Å². The van der Waals surface area contributed by atoms with Crippen molar-refractivity contribution in [3.63, 3.8) is 0 Å². The number of ketones is 1. The number of hydrogen-bond donors (Lipinski definition) is 5. The van der Waals surface area contributed by atoms with Gasteiger partial charge in [0.05, 0.1) is 24.2 Å². The van der Waals surface area contributed by atoms with Gasteiger partial charge in [-0.15, -0.1) is 0 Å². The highest BCUT2D eigenvalue weighted by molar-refractivity contribution is 6.10. The number of hydrogen-bond acceptors (Lipinski definition) is 13. The van der Waals surface area contributed by atoms with E-state index in [1.54, 1.807) is 54.1 Å². The second-order valence-electron chi connectivity index (χ2n) is 7.90. The Hall–Kier alpha value is -4.08. The lowest BCUT2D eigenvalue weighted by Gasteiger charge is -2.24. The predicted molar refractivity (Wildman–Crippen MR) is 135 cm³/mol. The van der Waals surface area contributed by atoms with Crippen LogP contribution in [0.1, 0.15) is 22.8 Å². The molecule has 0 bridgehead atoms. The van der Waals surface area contributed by atoms with Crippen molar-refractivity contribution in [2.24, 2.45) is 0 Å². The first-order chi connectivity index (χ1) is 18.6. The number of rotatable bonds is 12. The van der Waals surface area contributed by atoms with E-state index in [1.807, 2.05) is 6.07 Å². The summed E-state index contributed by atoms with van der Waals surface area (Å²) in [5.74, 6) is 0.226. The van der Waals surface area contributed by atoms with E-state index in [0.29, 0.717) is 34.6 Å². The standard InChI is InChI=1S/C23H27N3O9.C2H4O2/c1-13(27)18(35-21(31)20(29)30)11-33-23(32)34-12-26-17-9-8-15(10-16(17)25-22(26)24-2)19(28)14-6-4-3-5-7-14;1-4-2-3/h3-10,13,18,20-21,27,29-31H,11-12H2,1-2H3,(H,24,25);2H,1H3. The van der Waals surface area contributed by atoms with Gasteiger partial charge in [-0.25, -0.2) is 9.78 Å². The normalized spacial score (nSPS) is 13.0. The molecule has 0 aliphatic rings. The van der Waals surface area contributed by atoms with Gasteiger partial charge in [0, 0.05) is 18.2 Å². The third-order valence-electron chi connectivity index (χ3n) is 5.15. The molecule has 0 amide bonds. The smallest absolute Gasteiger partial charge is 0.471 e. The van der Waals surface area contributed by atoms with Crippen LogP contribution in [-0.4, -0.2) is 93.9 Å². The second kappa shape index (κ2) is 15.4. The van der Waals surface area contributed by atoms with Gasteiger partial charge in [-0.1, -0.05) is 30.3 Å². The maximum Gasteiger partial charge on any atom is 0.510 e. The van der Waals surface area contributed by atoms with Crippen molar-refractivity contribution in [1.82, 2.24) is 9.55 Å². The summed E-state index contributed by atoms with van der Waals surface area (Å²) in [4.78, 5) is 38.2. The van der Waals surface area contributed by atoms with Crippen molar-refractivity contribution >= 4 is 35.4 Å². The van der Waals surface area contributed by atoms with Crippen molar-refractivity contribution in [2.75, 3.05) is 26.1 Å². The van der Waals surface area contributed by atoms with Gasteiger partial charge in [-0.3, -0.25) is 14.2 Å². The zero-order chi connectivity index (χ0) is 28.9. The molecule has 3 atom stereocenters. The molecule has 3 aromatic rings. The zero-order valence-corrected chi connectivity index (χ0v) is 21.5. The molecule has 0 saturated heterocycles. The first-order valence-electron chi connectivity index (χ1n) is 11.5. The highest BCUT2D eigenvalue weighted by atomic mass is 16.7. The van der Waals surface area contributed by atoms with Crippen molar-refractivity contribution < 1.29 is 53.8 Å². The molecule has 14 heteroatoms. The second-order valence-corrected chi connectivity index (χ2v) is 7.90. The SMILES string of the molecule is CNc1nc2cc(C(=O)c3ccccc3)ccc2n1COC(=O)OCC(OC(O)C(O)O)C(C)O.COC=O. The van der Waals surface area contributed by atoms with E-state index in [-0.39, 0.29) is 12.5 Å². The quantitative estimate of drug-likeness (QED) is 0.0912. The number of carbonyl (C=O) groups is 3. The van der Waals surface area contributed by atoms with Crippen molar-refractivity contribution in [2.45, 2.75) is 38.4 Å². The van der Waals surface area contributed by atoms with Gasteiger partial charge < -0.3 is 44.7 Å². The van der Waals surface area contributed by atoms with Crippen LogP contribution < -0.4 is 5.32 Å². The number of fused-ring (bicyclic) bond motifs is 1. The molecule has 0 fully saturated rings. The number of aliphatic hydroxyl groups excluding tert-OH is 3. The number of methoxy groups -OCH3 is 1. The number of aromatic nitrogens is 2. The van der Waals surface area contributed by atoms with Crippen molar-refractivity contribution in [3.8, 4) is 0 Å². The number of carbonyl (C=O) groups excluding carboxylic acids is 3. The zero-order valence-electron chi connectivity index (χ0n) is 21.5. The summed E-state index contributed by atoms with van der Waals surface area (Å²) < 4.78 is 20.3. The van der Waals surface area contributed by atoms with Gasteiger partial charge >= 0.3 is 6.16 Å². The van der Waals surface area contributed by atoms with E-state index in [9.17, 15) is 19.8 Å². The van der Waals surface area contributed by atoms with E-state index in [2.05, 4.69) is 15.0 Å². The van der Waals surface area contributed by atoms with Gasteiger partial charge in [0.15, 0.2) is 12.5 Å². The van der Waals surface area contributed by atoms with E-state index < -0.39 is 37.6 Å². The number of nitrogens with one attached hydrogen (secondary N) is 1. The van der Waals surface area contributed by atoms with Crippen LogP contribution in [-0.2, 0) is 30.5 Å². The van der Waals surface area contributed by atoms with Gasteiger partial charge in [-0.2, -0.15) is 0 Å². The highest BCUT2D eigenvalue weighted by Gasteiger charge is 2.25. The minimum atomic E-state index is -2.19. The van der Waals surface area contributed by atoms with Crippen LogP contribution in [0, 0.1) is 0 Å². The molecule has 5 N–H and O–H groups in total. The summed E-state index contributed by atoms with van der Waals surface area (Å²) >= 11 is 0. The molecule has 14 nitrogen and oxygen atoms in total. The Balaban J connectivity index is 0.00000124. The fraction of sp³-hybridized carbons (Fsp3) is 0.360.